The summed E-state index contributed by atoms with van der Waals surface area (Å²) in [5.74, 6) is -0.122. The first-order valence-electron chi connectivity index (χ1n) is 8.41. The second kappa shape index (κ2) is 6.52. The number of rotatable bonds is 3. The standard InChI is InChI=1S/C20H18ClFN2O/c21-14-4-7-18-16(11-14)17-12-24(10-9-19(17)23-18)20(25)8-3-13-1-5-15(22)6-2-13/h1-2,4-7,11,23H,3,8-10,12H2. The largest absolute Gasteiger partial charge is 0.358 e. The van der Waals surface area contributed by atoms with Gasteiger partial charge in [0, 0.05) is 53.1 Å². The van der Waals surface area contributed by atoms with E-state index in [9.17, 15) is 9.18 Å². The second-order valence-corrected chi connectivity index (χ2v) is 6.90. The first-order valence-corrected chi connectivity index (χ1v) is 8.79. The Bertz CT molecular complexity index is 933. The molecule has 1 aliphatic heterocycles. The maximum absolute atomic E-state index is 13.0. The molecule has 0 saturated heterocycles. The van der Waals surface area contributed by atoms with E-state index in [4.69, 9.17) is 11.6 Å². The average Bonchev–Trinajstić information content (AvgIpc) is 2.98. The van der Waals surface area contributed by atoms with Crippen molar-refractivity contribution in [2.24, 2.45) is 0 Å². The molecule has 128 valence electrons. The fourth-order valence-electron chi connectivity index (χ4n) is 3.46. The molecule has 0 bridgehead atoms. The van der Waals surface area contributed by atoms with Crippen LogP contribution in [-0.2, 0) is 24.2 Å². The van der Waals surface area contributed by atoms with E-state index in [2.05, 4.69) is 4.98 Å². The summed E-state index contributed by atoms with van der Waals surface area (Å²) in [5, 5.41) is 1.80. The van der Waals surface area contributed by atoms with Gasteiger partial charge in [-0.25, -0.2) is 4.39 Å². The number of hydrogen-bond donors (Lipinski definition) is 1. The number of fused-ring (bicyclic) bond motifs is 3. The van der Waals surface area contributed by atoms with Crippen LogP contribution in [0.15, 0.2) is 42.5 Å². The first-order chi connectivity index (χ1) is 12.1. The number of carbonyl (C=O) groups is 1. The SMILES string of the molecule is O=C(CCc1ccc(F)cc1)N1CCc2[nH]c3ccc(Cl)cc3c2C1. The van der Waals surface area contributed by atoms with Crippen molar-refractivity contribution in [3.63, 3.8) is 0 Å². The van der Waals surface area contributed by atoms with E-state index in [1.165, 1.54) is 23.4 Å². The Morgan fingerprint density at radius 1 is 1.20 bits per heavy atom. The van der Waals surface area contributed by atoms with E-state index in [0.717, 1.165) is 29.4 Å². The van der Waals surface area contributed by atoms with Crippen LogP contribution in [0.5, 0.6) is 0 Å². The summed E-state index contributed by atoms with van der Waals surface area (Å²) in [7, 11) is 0. The Morgan fingerprint density at radius 2 is 2.00 bits per heavy atom. The lowest BCUT2D eigenvalue weighted by molar-refractivity contribution is -0.132. The predicted molar refractivity (Wildman–Crippen MR) is 97.2 cm³/mol. The number of aromatic nitrogens is 1. The summed E-state index contributed by atoms with van der Waals surface area (Å²) >= 11 is 6.12. The quantitative estimate of drug-likeness (QED) is 0.738. The molecule has 0 aliphatic carbocycles. The Kier molecular flexibility index (Phi) is 4.22. The van der Waals surface area contributed by atoms with Gasteiger partial charge in [0.2, 0.25) is 5.91 Å². The number of aryl methyl sites for hydroxylation is 1. The third-order valence-electron chi connectivity index (χ3n) is 4.83. The fourth-order valence-corrected chi connectivity index (χ4v) is 3.63. The molecule has 3 nitrogen and oxygen atoms in total. The van der Waals surface area contributed by atoms with Gasteiger partial charge in [0.25, 0.3) is 0 Å². The number of halogens is 2. The molecular weight excluding hydrogens is 339 g/mol. The van der Waals surface area contributed by atoms with Gasteiger partial charge in [-0.2, -0.15) is 0 Å². The molecule has 0 fully saturated rings. The number of benzene rings is 2. The maximum atomic E-state index is 13.0. The first kappa shape index (κ1) is 16.2. The van der Waals surface area contributed by atoms with Crippen LogP contribution in [0, 0.1) is 5.82 Å². The van der Waals surface area contributed by atoms with Crippen LogP contribution in [0.4, 0.5) is 4.39 Å². The normalized spacial score (nSPS) is 13.9. The van der Waals surface area contributed by atoms with Gasteiger partial charge in [-0.3, -0.25) is 4.79 Å². The number of amides is 1. The molecule has 1 aromatic heterocycles. The molecule has 1 aliphatic rings. The number of nitrogens with one attached hydrogen (secondary N) is 1. The van der Waals surface area contributed by atoms with Crippen molar-refractivity contribution >= 4 is 28.4 Å². The van der Waals surface area contributed by atoms with Crippen molar-refractivity contribution in [2.75, 3.05) is 6.54 Å². The van der Waals surface area contributed by atoms with E-state index >= 15 is 0 Å². The summed E-state index contributed by atoms with van der Waals surface area (Å²) in [4.78, 5) is 17.9. The molecule has 0 atom stereocenters. The Hall–Kier alpha value is -2.33. The minimum atomic E-state index is -0.253. The Labute approximate surface area is 150 Å². The van der Waals surface area contributed by atoms with Crippen LogP contribution < -0.4 is 0 Å². The summed E-state index contributed by atoms with van der Waals surface area (Å²) in [6.07, 6.45) is 1.89. The highest BCUT2D eigenvalue weighted by Gasteiger charge is 2.23. The van der Waals surface area contributed by atoms with Crippen LogP contribution in [0.1, 0.15) is 23.2 Å². The molecule has 4 rings (SSSR count). The number of aromatic amines is 1. The van der Waals surface area contributed by atoms with Crippen LogP contribution in [0.2, 0.25) is 5.02 Å². The smallest absolute Gasteiger partial charge is 0.223 e. The Balaban J connectivity index is 1.47. The molecule has 0 spiro atoms. The van der Waals surface area contributed by atoms with Gasteiger partial charge < -0.3 is 9.88 Å². The van der Waals surface area contributed by atoms with Crippen LogP contribution in [-0.4, -0.2) is 22.3 Å². The molecule has 2 aromatic carbocycles. The zero-order chi connectivity index (χ0) is 17.4. The molecule has 0 radical (unpaired) electrons. The number of carbonyl (C=O) groups excluding carboxylic acids is 1. The maximum Gasteiger partial charge on any atom is 0.223 e. The third-order valence-corrected chi connectivity index (χ3v) is 5.07. The zero-order valence-corrected chi connectivity index (χ0v) is 14.4. The molecule has 5 heteroatoms. The molecule has 3 aromatic rings. The minimum Gasteiger partial charge on any atom is -0.358 e. The van der Waals surface area contributed by atoms with E-state index in [1.807, 2.05) is 23.1 Å². The summed E-state index contributed by atoms with van der Waals surface area (Å²) in [6.45, 7) is 1.33. The lowest BCUT2D eigenvalue weighted by atomic mass is 10.0. The fraction of sp³-hybridized carbons (Fsp3) is 0.250. The highest BCUT2D eigenvalue weighted by atomic mass is 35.5. The molecule has 1 amide bonds. The van der Waals surface area contributed by atoms with E-state index in [1.54, 1.807) is 12.1 Å². The van der Waals surface area contributed by atoms with Crippen molar-refractivity contribution in [2.45, 2.75) is 25.8 Å². The second-order valence-electron chi connectivity index (χ2n) is 6.46. The number of hydrogen-bond acceptors (Lipinski definition) is 1. The number of H-pyrrole nitrogens is 1. The van der Waals surface area contributed by atoms with Gasteiger partial charge in [0.15, 0.2) is 0 Å². The number of nitrogens with zero attached hydrogens (tertiary/aromatic N) is 1. The lowest BCUT2D eigenvalue weighted by Gasteiger charge is -2.27. The zero-order valence-electron chi connectivity index (χ0n) is 13.7. The van der Waals surface area contributed by atoms with Gasteiger partial charge in [-0.15, -0.1) is 0 Å². The topological polar surface area (TPSA) is 36.1 Å². The van der Waals surface area contributed by atoms with Gasteiger partial charge >= 0.3 is 0 Å². The van der Waals surface area contributed by atoms with Crippen LogP contribution in [0.25, 0.3) is 10.9 Å². The predicted octanol–water partition coefficient (Wildman–Crippen LogP) is 4.48. The van der Waals surface area contributed by atoms with Crippen molar-refractivity contribution in [3.05, 3.63) is 70.1 Å². The van der Waals surface area contributed by atoms with Gasteiger partial charge in [0.1, 0.15) is 5.82 Å². The van der Waals surface area contributed by atoms with Crippen molar-refractivity contribution in [3.8, 4) is 0 Å². The molecule has 25 heavy (non-hydrogen) atoms. The van der Waals surface area contributed by atoms with Gasteiger partial charge in [0.05, 0.1) is 0 Å². The molecule has 0 unspecified atom stereocenters. The van der Waals surface area contributed by atoms with E-state index < -0.39 is 0 Å². The Morgan fingerprint density at radius 3 is 2.80 bits per heavy atom. The molecule has 2 heterocycles. The molecule has 0 saturated carbocycles. The van der Waals surface area contributed by atoms with E-state index in [-0.39, 0.29) is 11.7 Å². The minimum absolute atomic E-state index is 0.131. The molecular formula is C20H18ClFN2O. The van der Waals surface area contributed by atoms with Crippen molar-refractivity contribution in [1.29, 1.82) is 0 Å². The van der Waals surface area contributed by atoms with Crippen LogP contribution >= 0.6 is 11.6 Å². The van der Waals surface area contributed by atoms with Crippen molar-refractivity contribution in [1.82, 2.24) is 9.88 Å². The van der Waals surface area contributed by atoms with Gasteiger partial charge in [-0.1, -0.05) is 23.7 Å². The molecule has 1 N–H and O–H groups in total. The van der Waals surface area contributed by atoms with Crippen LogP contribution in [0.3, 0.4) is 0 Å². The highest BCUT2D eigenvalue weighted by molar-refractivity contribution is 6.31. The summed E-state index contributed by atoms with van der Waals surface area (Å²) < 4.78 is 13.0. The van der Waals surface area contributed by atoms with E-state index in [0.29, 0.717) is 24.4 Å². The lowest BCUT2D eigenvalue weighted by Crippen LogP contribution is -2.35. The highest BCUT2D eigenvalue weighted by Crippen LogP contribution is 2.30. The van der Waals surface area contributed by atoms with Gasteiger partial charge in [-0.05, 0) is 42.3 Å². The third kappa shape index (κ3) is 3.27. The van der Waals surface area contributed by atoms with Crippen molar-refractivity contribution < 1.29 is 9.18 Å². The average molecular weight is 357 g/mol. The summed E-state index contributed by atoms with van der Waals surface area (Å²) in [5.41, 5.74) is 4.40. The monoisotopic (exact) mass is 356 g/mol. The summed E-state index contributed by atoms with van der Waals surface area (Å²) in [6, 6.07) is 12.1.